The molecule has 0 unspecified atom stereocenters. The van der Waals surface area contributed by atoms with Gasteiger partial charge in [0.1, 0.15) is 0 Å². The smallest absolute Gasteiger partial charge is 0.243 e. The summed E-state index contributed by atoms with van der Waals surface area (Å²) < 4.78 is 23.1. The molecule has 3 N–H and O–H groups in total. The summed E-state index contributed by atoms with van der Waals surface area (Å²) in [7, 11) is -3.32. The van der Waals surface area contributed by atoms with Gasteiger partial charge in [-0.3, -0.25) is 9.59 Å². The summed E-state index contributed by atoms with van der Waals surface area (Å²) in [6.45, 7) is 5.59. The van der Waals surface area contributed by atoms with Gasteiger partial charge >= 0.3 is 0 Å². The van der Waals surface area contributed by atoms with Crippen LogP contribution < -0.4 is 16.0 Å². The van der Waals surface area contributed by atoms with Gasteiger partial charge in [-0.05, 0) is 50.1 Å². The average molecular weight is 404 g/mol. The Morgan fingerprint density at radius 2 is 1.57 bits per heavy atom. The predicted octanol–water partition coefficient (Wildman–Crippen LogP) is 2.18. The number of rotatable bonds is 7. The largest absolute Gasteiger partial charge is 0.376 e. The lowest BCUT2D eigenvalue weighted by Gasteiger charge is -2.13. The maximum atomic E-state index is 12.1. The van der Waals surface area contributed by atoms with Gasteiger partial charge in [0, 0.05) is 17.6 Å². The summed E-state index contributed by atoms with van der Waals surface area (Å²) in [6, 6.07) is 10.2. The minimum Gasteiger partial charge on any atom is -0.376 e. The third kappa shape index (κ3) is 6.09. The van der Waals surface area contributed by atoms with Gasteiger partial charge in [-0.2, -0.15) is 0 Å². The number of benzene rings is 2. The molecule has 0 saturated heterocycles. The molecule has 28 heavy (non-hydrogen) atoms. The van der Waals surface area contributed by atoms with E-state index in [2.05, 4.69) is 16.0 Å². The van der Waals surface area contributed by atoms with E-state index in [0.717, 1.165) is 28.6 Å². The molecule has 0 aromatic heterocycles. The zero-order chi connectivity index (χ0) is 20.9. The van der Waals surface area contributed by atoms with Crippen molar-refractivity contribution in [3.05, 3.63) is 53.1 Å². The van der Waals surface area contributed by atoms with Crippen LogP contribution in [0.1, 0.15) is 16.7 Å². The fourth-order valence-electron chi connectivity index (χ4n) is 2.82. The van der Waals surface area contributed by atoms with Crippen molar-refractivity contribution in [2.75, 3.05) is 30.0 Å². The van der Waals surface area contributed by atoms with E-state index in [1.165, 1.54) is 12.1 Å². The summed E-state index contributed by atoms with van der Waals surface area (Å²) in [5, 5.41) is 8.20. The lowest BCUT2D eigenvalue weighted by atomic mass is 10.1. The van der Waals surface area contributed by atoms with E-state index in [4.69, 9.17) is 0 Å². The zero-order valence-corrected chi connectivity index (χ0v) is 17.2. The van der Waals surface area contributed by atoms with Gasteiger partial charge in [0.25, 0.3) is 0 Å². The summed E-state index contributed by atoms with van der Waals surface area (Å²) in [5.74, 6) is -0.695. The number of amides is 2. The number of hydrogen-bond donors (Lipinski definition) is 3. The van der Waals surface area contributed by atoms with Crippen molar-refractivity contribution in [3.63, 3.8) is 0 Å². The van der Waals surface area contributed by atoms with E-state index < -0.39 is 9.84 Å². The van der Waals surface area contributed by atoms with Crippen LogP contribution in [-0.4, -0.2) is 39.6 Å². The molecular weight excluding hydrogens is 378 g/mol. The quantitative estimate of drug-likeness (QED) is 0.657. The van der Waals surface area contributed by atoms with Crippen LogP contribution in [-0.2, 0) is 19.4 Å². The van der Waals surface area contributed by atoms with Gasteiger partial charge in [-0.25, -0.2) is 8.42 Å². The van der Waals surface area contributed by atoms with Crippen molar-refractivity contribution in [2.45, 2.75) is 25.7 Å². The first-order valence-corrected chi connectivity index (χ1v) is 10.6. The summed E-state index contributed by atoms with van der Waals surface area (Å²) >= 11 is 0. The lowest BCUT2D eigenvalue weighted by Crippen LogP contribution is -2.36. The van der Waals surface area contributed by atoms with Crippen molar-refractivity contribution in [3.8, 4) is 0 Å². The third-order valence-corrected chi connectivity index (χ3v) is 5.21. The first kappa shape index (κ1) is 21.4. The molecule has 0 aliphatic rings. The van der Waals surface area contributed by atoms with Gasteiger partial charge < -0.3 is 16.0 Å². The summed E-state index contributed by atoms with van der Waals surface area (Å²) in [4.78, 5) is 24.3. The highest BCUT2D eigenvalue weighted by molar-refractivity contribution is 7.90. The van der Waals surface area contributed by atoms with Gasteiger partial charge in [-0.1, -0.05) is 23.8 Å². The number of carbonyl (C=O) groups is 2. The molecule has 2 aromatic rings. The number of aryl methyl sites for hydroxylation is 3. The maximum absolute atomic E-state index is 12.1. The molecular formula is C20H25N3O4S. The van der Waals surface area contributed by atoms with Gasteiger partial charge in [-0.15, -0.1) is 0 Å². The zero-order valence-electron chi connectivity index (χ0n) is 16.4. The second-order valence-electron chi connectivity index (χ2n) is 6.75. The Balaban J connectivity index is 1.85. The molecule has 2 amide bonds. The van der Waals surface area contributed by atoms with Crippen molar-refractivity contribution in [1.29, 1.82) is 0 Å². The van der Waals surface area contributed by atoms with Crippen LogP contribution in [0.5, 0.6) is 0 Å². The molecule has 2 rings (SSSR count). The third-order valence-electron chi connectivity index (χ3n) is 4.10. The van der Waals surface area contributed by atoms with E-state index in [1.54, 1.807) is 12.1 Å². The van der Waals surface area contributed by atoms with Crippen LogP contribution in [0, 0.1) is 20.8 Å². The van der Waals surface area contributed by atoms with Crippen LogP contribution in [0.15, 0.2) is 41.3 Å². The average Bonchev–Trinajstić information content (AvgIpc) is 2.60. The lowest BCUT2D eigenvalue weighted by molar-refractivity contribution is -0.122. The monoisotopic (exact) mass is 403 g/mol. The summed E-state index contributed by atoms with van der Waals surface area (Å²) in [6.07, 6.45) is 1.12. The molecule has 0 bridgehead atoms. The minimum atomic E-state index is -3.32. The Kier molecular flexibility index (Phi) is 6.80. The first-order chi connectivity index (χ1) is 13.1. The topological polar surface area (TPSA) is 104 Å². The molecule has 150 valence electrons. The number of nitrogens with one attached hydrogen (secondary N) is 3. The number of carbonyl (C=O) groups excluding carboxylic acids is 2. The van der Waals surface area contributed by atoms with Gasteiger partial charge in [0.05, 0.1) is 18.0 Å². The van der Waals surface area contributed by atoms with E-state index in [0.29, 0.717) is 5.69 Å². The molecule has 0 spiro atoms. The fraction of sp³-hybridized carbons (Fsp3) is 0.300. The van der Waals surface area contributed by atoms with Crippen LogP contribution in [0.4, 0.5) is 11.4 Å². The summed E-state index contributed by atoms with van der Waals surface area (Å²) in [5.41, 5.74) is 4.30. The van der Waals surface area contributed by atoms with Crippen LogP contribution >= 0.6 is 0 Å². The highest BCUT2D eigenvalue weighted by Crippen LogP contribution is 2.21. The van der Waals surface area contributed by atoms with Gasteiger partial charge in [0.2, 0.25) is 11.8 Å². The molecule has 0 aliphatic heterocycles. The highest BCUT2D eigenvalue weighted by atomic mass is 32.2. The van der Waals surface area contributed by atoms with Crippen molar-refractivity contribution < 1.29 is 18.0 Å². The number of sulfone groups is 1. The Hall–Kier alpha value is -2.87. The number of anilines is 2. The molecule has 0 radical (unpaired) electrons. The van der Waals surface area contributed by atoms with E-state index in [1.807, 2.05) is 32.9 Å². The van der Waals surface area contributed by atoms with Gasteiger partial charge in [0.15, 0.2) is 9.84 Å². The molecule has 8 heteroatoms. The van der Waals surface area contributed by atoms with E-state index in [9.17, 15) is 18.0 Å². The Labute approximate surface area is 165 Å². The molecule has 0 atom stereocenters. The van der Waals surface area contributed by atoms with Crippen LogP contribution in [0.2, 0.25) is 0 Å². The number of hydrogen-bond acceptors (Lipinski definition) is 5. The van der Waals surface area contributed by atoms with E-state index in [-0.39, 0.29) is 29.8 Å². The van der Waals surface area contributed by atoms with Crippen molar-refractivity contribution in [1.82, 2.24) is 5.32 Å². The van der Waals surface area contributed by atoms with Crippen LogP contribution in [0.25, 0.3) is 0 Å². The normalized spacial score (nSPS) is 11.0. The molecule has 0 heterocycles. The fourth-order valence-corrected chi connectivity index (χ4v) is 3.49. The SMILES string of the molecule is Cc1cc(C)c(NC(=O)CNC(=O)CNc2cccc(S(C)(=O)=O)c2)c(C)c1. The molecule has 0 aliphatic carbocycles. The predicted molar refractivity (Wildman–Crippen MR) is 110 cm³/mol. The maximum Gasteiger partial charge on any atom is 0.243 e. The Morgan fingerprint density at radius 1 is 0.929 bits per heavy atom. The Bertz CT molecular complexity index is 977. The molecule has 0 fully saturated rings. The molecule has 2 aromatic carbocycles. The Morgan fingerprint density at radius 3 is 2.18 bits per heavy atom. The molecule has 7 nitrogen and oxygen atoms in total. The second-order valence-corrected chi connectivity index (χ2v) is 8.77. The minimum absolute atomic E-state index is 0.0803. The highest BCUT2D eigenvalue weighted by Gasteiger charge is 2.11. The standard InChI is InChI=1S/C20H25N3O4S/c1-13-8-14(2)20(15(3)9-13)23-19(25)12-22-18(24)11-21-16-6-5-7-17(10-16)28(4,26)27/h5-10,21H,11-12H2,1-4H3,(H,22,24)(H,23,25). The van der Waals surface area contributed by atoms with Crippen molar-refractivity contribution >= 4 is 33.0 Å². The first-order valence-electron chi connectivity index (χ1n) is 8.74. The van der Waals surface area contributed by atoms with Crippen LogP contribution in [0.3, 0.4) is 0 Å². The second kappa shape index (κ2) is 8.88. The van der Waals surface area contributed by atoms with Crippen molar-refractivity contribution in [2.24, 2.45) is 0 Å². The van der Waals surface area contributed by atoms with E-state index >= 15 is 0 Å². The molecule has 0 saturated carbocycles.